The van der Waals surface area contributed by atoms with Crippen LogP contribution in [0.2, 0.25) is 0 Å². The second-order valence-electron chi connectivity index (χ2n) is 5.15. The third-order valence-corrected chi connectivity index (χ3v) is 3.55. The zero-order valence-corrected chi connectivity index (χ0v) is 10.0. The van der Waals surface area contributed by atoms with Gasteiger partial charge < -0.3 is 15.1 Å². The van der Waals surface area contributed by atoms with Crippen molar-refractivity contribution < 1.29 is 0 Å². The predicted octanol–water partition coefficient (Wildman–Crippen LogP) is 0.623. The molecule has 0 aromatic rings. The standard InChI is InChI=1S/C12H25N3/c1-14-6-2-7-15(10-9-14)8-5-13-11-12-3-4-12/h12-13H,2-11H2,1H3. The van der Waals surface area contributed by atoms with Crippen LogP contribution in [0.5, 0.6) is 0 Å². The number of hydrogen-bond donors (Lipinski definition) is 1. The lowest BCUT2D eigenvalue weighted by atomic mass is 10.3. The van der Waals surface area contributed by atoms with E-state index in [2.05, 4.69) is 22.2 Å². The van der Waals surface area contributed by atoms with E-state index >= 15 is 0 Å². The first kappa shape index (κ1) is 11.4. The molecule has 0 atom stereocenters. The first-order chi connectivity index (χ1) is 7.34. The minimum Gasteiger partial charge on any atom is -0.315 e. The molecule has 0 radical (unpaired) electrons. The van der Waals surface area contributed by atoms with Gasteiger partial charge in [0.15, 0.2) is 0 Å². The molecule has 3 heteroatoms. The third-order valence-electron chi connectivity index (χ3n) is 3.55. The summed E-state index contributed by atoms with van der Waals surface area (Å²) in [5, 5.41) is 3.57. The molecule has 88 valence electrons. The van der Waals surface area contributed by atoms with Gasteiger partial charge in [0, 0.05) is 26.2 Å². The molecule has 2 fully saturated rings. The van der Waals surface area contributed by atoms with Crippen LogP contribution < -0.4 is 5.32 Å². The van der Waals surface area contributed by atoms with Gasteiger partial charge in [-0.15, -0.1) is 0 Å². The molecule has 0 aromatic heterocycles. The number of rotatable bonds is 5. The fourth-order valence-electron chi connectivity index (χ4n) is 2.19. The Morgan fingerprint density at radius 1 is 1.13 bits per heavy atom. The fraction of sp³-hybridized carbons (Fsp3) is 1.00. The molecule has 2 aliphatic rings. The highest BCUT2D eigenvalue weighted by Crippen LogP contribution is 2.27. The van der Waals surface area contributed by atoms with E-state index in [1.165, 1.54) is 65.1 Å². The number of likely N-dealkylation sites (N-methyl/N-ethyl adjacent to an activating group) is 1. The highest BCUT2D eigenvalue weighted by atomic mass is 15.2. The summed E-state index contributed by atoms with van der Waals surface area (Å²) in [6.45, 7) is 8.72. The van der Waals surface area contributed by atoms with E-state index in [0.717, 1.165) is 5.92 Å². The van der Waals surface area contributed by atoms with Gasteiger partial charge in [-0.1, -0.05) is 0 Å². The van der Waals surface area contributed by atoms with Gasteiger partial charge in [0.05, 0.1) is 0 Å². The monoisotopic (exact) mass is 211 g/mol. The average Bonchev–Trinajstić information content (AvgIpc) is 3.02. The molecule has 1 aliphatic heterocycles. The topological polar surface area (TPSA) is 18.5 Å². The molecule has 1 saturated heterocycles. The zero-order chi connectivity index (χ0) is 10.5. The van der Waals surface area contributed by atoms with E-state index in [9.17, 15) is 0 Å². The van der Waals surface area contributed by atoms with Crippen LogP contribution in [0.4, 0.5) is 0 Å². The van der Waals surface area contributed by atoms with Crippen LogP contribution in [0.25, 0.3) is 0 Å². The molecule has 1 aliphatic carbocycles. The number of nitrogens with zero attached hydrogens (tertiary/aromatic N) is 2. The molecule has 2 rings (SSSR count). The molecule has 0 amide bonds. The maximum absolute atomic E-state index is 3.57. The van der Waals surface area contributed by atoms with Gasteiger partial charge in [-0.3, -0.25) is 0 Å². The summed E-state index contributed by atoms with van der Waals surface area (Å²) in [6, 6.07) is 0. The molecular weight excluding hydrogens is 186 g/mol. The van der Waals surface area contributed by atoms with Crippen molar-refractivity contribution in [3.05, 3.63) is 0 Å². The summed E-state index contributed by atoms with van der Waals surface area (Å²) in [4.78, 5) is 5.04. The van der Waals surface area contributed by atoms with Crippen molar-refractivity contribution >= 4 is 0 Å². The van der Waals surface area contributed by atoms with Gasteiger partial charge in [-0.2, -0.15) is 0 Å². The van der Waals surface area contributed by atoms with Crippen LogP contribution in [0.3, 0.4) is 0 Å². The summed E-state index contributed by atoms with van der Waals surface area (Å²) < 4.78 is 0. The summed E-state index contributed by atoms with van der Waals surface area (Å²) in [5.41, 5.74) is 0. The minimum absolute atomic E-state index is 1.01. The minimum atomic E-state index is 1.01. The summed E-state index contributed by atoms with van der Waals surface area (Å²) in [7, 11) is 2.23. The Kier molecular flexibility index (Phi) is 4.42. The smallest absolute Gasteiger partial charge is 0.0110 e. The normalized spacial score (nSPS) is 25.4. The van der Waals surface area contributed by atoms with E-state index in [0.29, 0.717) is 0 Å². The maximum atomic E-state index is 3.57. The predicted molar refractivity (Wildman–Crippen MR) is 64.1 cm³/mol. The van der Waals surface area contributed by atoms with Gasteiger partial charge >= 0.3 is 0 Å². The maximum Gasteiger partial charge on any atom is 0.0110 e. The molecule has 3 nitrogen and oxygen atoms in total. The second kappa shape index (κ2) is 5.83. The quantitative estimate of drug-likeness (QED) is 0.673. The fourth-order valence-corrected chi connectivity index (χ4v) is 2.19. The zero-order valence-electron chi connectivity index (χ0n) is 10.0. The molecule has 1 heterocycles. The van der Waals surface area contributed by atoms with Crippen molar-refractivity contribution in [2.75, 3.05) is 52.9 Å². The van der Waals surface area contributed by atoms with E-state index in [-0.39, 0.29) is 0 Å². The lowest BCUT2D eigenvalue weighted by Crippen LogP contribution is -2.35. The summed E-state index contributed by atoms with van der Waals surface area (Å²) in [6.07, 6.45) is 4.25. The van der Waals surface area contributed by atoms with Gasteiger partial charge in [-0.25, -0.2) is 0 Å². The molecule has 0 bridgehead atoms. The van der Waals surface area contributed by atoms with Crippen LogP contribution in [-0.2, 0) is 0 Å². The Morgan fingerprint density at radius 3 is 2.80 bits per heavy atom. The van der Waals surface area contributed by atoms with Crippen molar-refractivity contribution in [1.82, 2.24) is 15.1 Å². The Bertz CT molecular complexity index is 180. The molecule has 1 N–H and O–H groups in total. The van der Waals surface area contributed by atoms with E-state index in [1.54, 1.807) is 0 Å². The molecular formula is C12H25N3. The first-order valence-electron chi connectivity index (χ1n) is 6.46. The Hall–Kier alpha value is -0.120. The third kappa shape index (κ3) is 4.49. The molecule has 1 saturated carbocycles. The lowest BCUT2D eigenvalue weighted by Gasteiger charge is -2.20. The SMILES string of the molecule is CN1CCCN(CCNCC2CC2)CC1. The highest BCUT2D eigenvalue weighted by molar-refractivity contribution is 4.75. The lowest BCUT2D eigenvalue weighted by molar-refractivity contribution is 0.275. The summed E-state index contributed by atoms with van der Waals surface area (Å²) in [5.74, 6) is 1.01. The summed E-state index contributed by atoms with van der Waals surface area (Å²) >= 11 is 0. The number of nitrogens with one attached hydrogen (secondary N) is 1. The van der Waals surface area contributed by atoms with E-state index in [1.807, 2.05) is 0 Å². The second-order valence-corrected chi connectivity index (χ2v) is 5.15. The average molecular weight is 211 g/mol. The molecule has 15 heavy (non-hydrogen) atoms. The van der Waals surface area contributed by atoms with Crippen molar-refractivity contribution in [3.63, 3.8) is 0 Å². The Morgan fingerprint density at radius 2 is 2.00 bits per heavy atom. The Balaban J connectivity index is 1.52. The van der Waals surface area contributed by atoms with Gasteiger partial charge in [0.1, 0.15) is 0 Å². The molecule has 0 aromatic carbocycles. The largest absolute Gasteiger partial charge is 0.315 e. The van der Waals surface area contributed by atoms with Crippen LogP contribution in [0.1, 0.15) is 19.3 Å². The number of hydrogen-bond acceptors (Lipinski definition) is 3. The Labute approximate surface area is 93.8 Å². The van der Waals surface area contributed by atoms with Crippen molar-refractivity contribution in [3.8, 4) is 0 Å². The van der Waals surface area contributed by atoms with E-state index < -0.39 is 0 Å². The molecule has 0 spiro atoms. The van der Waals surface area contributed by atoms with Gasteiger partial charge in [0.25, 0.3) is 0 Å². The van der Waals surface area contributed by atoms with Crippen LogP contribution in [0, 0.1) is 5.92 Å². The van der Waals surface area contributed by atoms with Crippen molar-refractivity contribution in [2.24, 2.45) is 5.92 Å². The van der Waals surface area contributed by atoms with Crippen LogP contribution >= 0.6 is 0 Å². The van der Waals surface area contributed by atoms with Crippen LogP contribution in [-0.4, -0.2) is 62.7 Å². The van der Waals surface area contributed by atoms with E-state index in [4.69, 9.17) is 0 Å². The van der Waals surface area contributed by atoms with Gasteiger partial charge in [0.2, 0.25) is 0 Å². The molecule has 0 unspecified atom stereocenters. The highest BCUT2D eigenvalue weighted by Gasteiger charge is 2.20. The van der Waals surface area contributed by atoms with Crippen LogP contribution in [0.15, 0.2) is 0 Å². The van der Waals surface area contributed by atoms with Gasteiger partial charge in [-0.05, 0) is 51.9 Å². The first-order valence-corrected chi connectivity index (χ1v) is 6.46. The van der Waals surface area contributed by atoms with Crippen molar-refractivity contribution in [1.29, 1.82) is 0 Å². The van der Waals surface area contributed by atoms with Crippen molar-refractivity contribution in [2.45, 2.75) is 19.3 Å².